The minimum atomic E-state index is 0.199. The highest BCUT2D eigenvalue weighted by molar-refractivity contribution is 5.77. The van der Waals surface area contributed by atoms with Crippen molar-refractivity contribution in [3.8, 4) is 44.5 Å². The van der Waals surface area contributed by atoms with E-state index >= 15 is 0 Å². The van der Waals surface area contributed by atoms with E-state index in [9.17, 15) is 0 Å². The molecule has 0 atom stereocenters. The van der Waals surface area contributed by atoms with Crippen LogP contribution in [0, 0.1) is 0 Å². The summed E-state index contributed by atoms with van der Waals surface area (Å²) in [5.41, 5.74) is 19.1. The second-order valence-electron chi connectivity index (χ2n) is 18.5. The Balaban J connectivity index is 0.973. The predicted octanol–water partition coefficient (Wildman–Crippen LogP) is 14.8. The number of nitrogens with one attached hydrogen (secondary N) is 1. The second kappa shape index (κ2) is 12.9. The molecule has 0 heterocycles. The van der Waals surface area contributed by atoms with E-state index in [4.69, 9.17) is 0 Å². The molecule has 1 heteroatoms. The molecule has 0 saturated heterocycles. The van der Waals surface area contributed by atoms with E-state index in [0.717, 1.165) is 11.4 Å². The van der Waals surface area contributed by atoms with Crippen molar-refractivity contribution in [3.63, 3.8) is 0 Å². The number of fused-ring (bicyclic) bond motifs is 2. The molecule has 53 heavy (non-hydrogen) atoms. The highest BCUT2D eigenvalue weighted by Gasteiger charge is 2.38. The summed E-state index contributed by atoms with van der Waals surface area (Å²) < 4.78 is 0. The fourth-order valence-electron chi connectivity index (χ4n) is 8.95. The third-order valence-electron chi connectivity index (χ3n) is 12.8. The summed E-state index contributed by atoms with van der Waals surface area (Å²) in [6, 6.07) is 50.0. The maximum atomic E-state index is 3.62. The molecule has 6 aromatic rings. The van der Waals surface area contributed by atoms with E-state index < -0.39 is 0 Å². The molecule has 2 aliphatic carbocycles. The van der Waals surface area contributed by atoms with E-state index in [1.165, 1.54) is 92.4 Å². The van der Waals surface area contributed by atoms with E-state index in [-0.39, 0.29) is 21.7 Å². The maximum Gasteiger partial charge on any atom is 0.0384 e. The molecule has 268 valence electrons. The normalized spacial score (nSPS) is 17.7. The molecule has 0 amide bonds. The molecule has 0 radical (unpaired) electrons. The van der Waals surface area contributed by atoms with Crippen LogP contribution in [0.1, 0.15) is 103 Å². The molecule has 2 aliphatic rings. The van der Waals surface area contributed by atoms with Crippen molar-refractivity contribution in [2.24, 2.45) is 0 Å². The minimum absolute atomic E-state index is 0.199. The molecule has 8 rings (SSSR count). The lowest BCUT2D eigenvalue weighted by atomic mass is 9.63. The lowest BCUT2D eigenvalue weighted by Crippen LogP contribution is -2.33. The van der Waals surface area contributed by atoms with Crippen molar-refractivity contribution in [1.82, 2.24) is 0 Å². The lowest BCUT2D eigenvalue weighted by Gasteiger charge is -2.42. The molecular formula is C52H55N. The number of benzene rings is 6. The molecule has 0 unspecified atom stereocenters. The van der Waals surface area contributed by atoms with E-state index in [2.05, 4.69) is 194 Å². The van der Waals surface area contributed by atoms with Crippen LogP contribution < -0.4 is 5.32 Å². The zero-order chi connectivity index (χ0) is 37.2. The van der Waals surface area contributed by atoms with Gasteiger partial charge in [-0.1, -0.05) is 152 Å². The molecule has 0 fully saturated rings. The highest BCUT2D eigenvalue weighted by atomic mass is 14.9. The van der Waals surface area contributed by atoms with Gasteiger partial charge in [0.2, 0.25) is 0 Å². The van der Waals surface area contributed by atoms with Crippen LogP contribution in [0.3, 0.4) is 0 Å². The van der Waals surface area contributed by atoms with Crippen molar-refractivity contribution in [2.45, 2.75) is 103 Å². The first-order chi connectivity index (χ1) is 25.2. The van der Waals surface area contributed by atoms with Crippen LogP contribution >= 0.6 is 0 Å². The summed E-state index contributed by atoms with van der Waals surface area (Å²) in [6.07, 6.45) is 4.92. The first kappa shape index (κ1) is 35.2. The van der Waals surface area contributed by atoms with Gasteiger partial charge in [0.05, 0.1) is 0 Å². The summed E-state index contributed by atoms with van der Waals surface area (Å²) >= 11 is 0. The Morgan fingerprint density at radius 3 is 0.943 bits per heavy atom. The molecule has 0 spiro atoms. The van der Waals surface area contributed by atoms with Gasteiger partial charge >= 0.3 is 0 Å². The minimum Gasteiger partial charge on any atom is -0.356 e. The third kappa shape index (κ3) is 6.76. The molecule has 0 aliphatic heterocycles. The largest absolute Gasteiger partial charge is 0.356 e. The zero-order valence-electron chi connectivity index (χ0n) is 33.0. The monoisotopic (exact) mass is 693 g/mol. The van der Waals surface area contributed by atoms with Gasteiger partial charge in [0.1, 0.15) is 0 Å². The second-order valence-corrected chi connectivity index (χ2v) is 18.5. The van der Waals surface area contributed by atoms with Gasteiger partial charge in [-0.3, -0.25) is 0 Å². The Bertz CT molecular complexity index is 2130. The van der Waals surface area contributed by atoms with Crippen LogP contribution in [0.4, 0.5) is 11.4 Å². The topological polar surface area (TPSA) is 12.0 Å². The maximum absolute atomic E-state index is 3.62. The van der Waals surface area contributed by atoms with Crippen molar-refractivity contribution < 1.29 is 0 Å². The van der Waals surface area contributed by atoms with Gasteiger partial charge in [-0.15, -0.1) is 0 Å². The van der Waals surface area contributed by atoms with Crippen molar-refractivity contribution in [3.05, 3.63) is 156 Å². The number of hydrogen-bond donors (Lipinski definition) is 1. The van der Waals surface area contributed by atoms with Crippen molar-refractivity contribution in [2.75, 3.05) is 5.32 Å². The quantitative estimate of drug-likeness (QED) is 0.183. The number of anilines is 2. The predicted molar refractivity (Wildman–Crippen MR) is 228 cm³/mol. The van der Waals surface area contributed by atoms with Crippen molar-refractivity contribution >= 4 is 11.4 Å². The van der Waals surface area contributed by atoms with Crippen LogP contribution in [-0.4, -0.2) is 0 Å². The molecule has 6 aromatic carbocycles. The highest BCUT2D eigenvalue weighted by Crippen LogP contribution is 2.48. The van der Waals surface area contributed by atoms with Crippen LogP contribution in [0.2, 0.25) is 0 Å². The standard InChI is InChI=1S/C52H55N/c1-49(2)27-29-51(5,6)47-33-41(19-25-45(47)49)39-13-9-11-37(31-39)35-15-21-43(22-16-35)53-44-23-17-36(18-24-44)38-12-10-14-40(32-38)42-20-26-46-48(34-42)52(7,8)30-28-50(46,3)4/h9-26,31-34,53H,27-30H2,1-8H3. The van der Waals surface area contributed by atoms with Crippen LogP contribution in [-0.2, 0) is 21.7 Å². The van der Waals surface area contributed by atoms with E-state index in [0.29, 0.717) is 0 Å². The molecule has 0 aromatic heterocycles. The lowest BCUT2D eigenvalue weighted by molar-refractivity contribution is 0.332. The van der Waals surface area contributed by atoms with Crippen molar-refractivity contribution in [1.29, 1.82) is 0 Å². The number of hydrogen-bond acceptors (Lipinski definition) is 1. The Morgan fingerprint density at radius 2 is 0.585 bits per heavy atom. The Labute approximate surface area is 318 Å². The third-order valence-corrected chi connectivity index (χ3v) is 12.8. The SMILES string of the molecule is CC1(C)CCC(C)(C)c2cc(-c3cccc(-c4ccc(Nc5ccc(-c6cccc(-c7ccc8c(c7)C(C)(C)CCC8(C)C)c6)cc5)cc4)c3)ccc21. The van der Waals surface area contributed by atoms with Gasteiger partial charge < -0.3 is 5.32 Å². The first-order valence-corrected chi connectivity index (χ1v) is 19.7. The molecule has 0 saturated carbocycles. The van der Waals surface area contributed by atoms with Gasteiger partial charge in [0.25, 0.3) is 0 Å². The van der Waals surface area contributed by atoms with Gasteiger partial charge in [0, 0.05) is 11.4 Å². The summed E-state index contributed by atoms with van der Waals surface area (Å²) in [4.78, 5) is 0. The zero-order valence-corrected chi connectivity index (χ0v) is 33.0. The molecule has 1 nitrogen and oxygen atoms in total. The first-order valence-electron chi connectivity index (χ1n) is 19.7. The smallest absolute Gasteiger partial charge is 0.0384 e. The van der Waals surface area contributed by atoms with Gasteiger partial charge in [-0.25, -0.2) is 0 Å². The van der Waals surface area contributed by atoms with Gasteiger partial charge in [0.15, 0.2) is 0 Å². The number of rotatable bonds is 6. The summed E-state index contributed by atoms with van der Waals surface area (Å²) in [7, 11) is 0. The molecule has 1 N–H and O–H groups in total. The summed E-state index contributed by atoms with van der Waals surface area (Å²) in [5.74, 6) is 0. The fourth-order valence-corrected chi connectivity index (χ4v) is 8.95. The summed E-state index contributed by atoms with van der Waals surface area (Å²) in [5, 5.41) is 3.62. The Morgan fingerprint density at radius 1 is 0.302 bits per heavy atom. The molecule has 0 bridgehead atoms. The fraction of sp³-hybridized carbons (Fsp3) is 0.308. The Hall–Kier alpha value is -4.88. The molecular weight excluding hydrogens is 639 g/mol. The average Bonchev–Trinajstić information content (AvgIpc) is 3.16. The van der Waals surface area contributed by atoms with E-state index in [1.54, 1.807) is 0 Å². The average molecular weight is 694 g/mol. The van der Waals surface area contributed by atoms with Crippen LogP contribution in [0.5, 0.6) is 0 Å². The van der Waals surface area contributed by atoms with Gasteiger partial charge in [-0.05, 0) is 151 Å². The van der Waals surface area contributed by atoms with Crippen LogP contribution in [0.25, 0.3) is 44.5 Å². The summed E-state index contributed by atoms with van der Waals surface area (Å²) in [6.45, 7) is 19.2. The van der Waals surface area contributed by atoms with Gasteiger partial charge in [-0.2, -0.15) is 0 Å². The van der Waals surface area contributed by atoms with E-state index in [1.807, 2.05) is 0 Å². The van der Waals surface area contributed by atoms with Crippen LogP contribution in [0.15, 0.2) is 133 Å². The Kier molecular flexibility index (Phi) is 8.56.